The number of rotatable bonds is 9. The number of fused-ring (bicyclic) bond motifs is 1. The van der Waals surface area contributed by atoms with Gasteiger partial charge >= 0.3 is 5.69 Å². The van der Waals surface area contributed by atoms with Gasteiger partial charge in [0.05, 0.1) is 12.6 Å². The van der Waals surface area contributed by atoms with Crippen LogP contribution in [0.3, 0.4) is 0 Å². The van der Waals surface area contributed by atoms with Crippen molar-refractivity contribution in [3.05, 3.63) is 38.7 Å². The first kappa shape index (κ1) is 22.1. The molecule has 8 nitrogen and oxygen atoms in total. The van der Waals surface area contributed by atoms with Gasteiger partial charge in [0.1, 0.15) is 5.82 Å². The highest BCUT2D eigenvalue weighted by Gasteiger charge is 2.24. The lowest BCUT2D eigenvalue weighted by Gasteiger charge is -2.25. The molecule has 2 aliphatic rings. The molecule has 1 fully saturated rings. The van der Waals surface area contributed by atoms with Crippen molar-refractivity contribution in [2.75, 3.05) is 32.7 Å². The summed E-state index contributed by atoms with van der Waals surface area (Å²) < 4.78 is 3.47. The second-order valence-corrected chi connectivity index (χ2v) is 9.28. The maximum Gasteiger partial charge on any atom is 0.345 e. The van der Waals surface area contributed by atoms with E-state index in [1.54, 1.807) is 4.68 Å². The van der Waals surface area contributed by atoms with E-state index < -0.39 is 0 Å². The summed E-state index contributed by atoms with van der Waals surface area (Å²) >= 11 is 1.82. The highest BCUT2D eigenvalue weighted by Crippen LogP contribution is 2.28. The Morgan fingerprint density at radius 3 is 2.81 bits per heavy atom. The van der Waals surface area contributed by atoms with E-state index in [1.165, 1.54) is 17.7 Å². The Morgan fingerprint density at radius 1 is 1.23 bits per heavy atom. The molecule has 2 aromatic rings. The Labute approximate surface area is 188 Å². The minimum absolute atomic E-state index is 0.0414. The Bertz CT molecular complexity index is 896. The zero-order valence-electron chi connectivity index (χ0n) is 18.6. The number of thiophene rings is 1. The number of likely N-dealkylation sites (tertiary alicyclic amines) is 1. The molecule has 0 aromatic carbocycles. The fraction of sp³-hybridized carbons (Fsp3) is 0.682. The van der Waals surface area contributed by atoms with Crippen molar-refractivity contribution in [2.24, 2.45) is 4.99 Å². The molecule has 0 amide bonds. The number of aromatic nitrogens is 3. The number of hydrogen-bond acceptors (Lipinski definition) is 5. The molecule has 0 aliphatic carbocycles. The van der Waals surface area contributed by atoms with E-state index in [4.69, 9.17) is 4.99 Å². The molecule has 170 valence electrons. The van der Waals surface area contributed by atoms with Crippen molar-refractivity contribution in [1.82, 2.24) is 29.9 Å². The van der Waals surface area contributed by atoms with Crippen LogP contribution in [-0.2, 0) is 19.5 Å². The van der Waals surface area contributed by atoms with Gasteiger partial charge in [-0.05, 0) is 63.6 Å². The molecule has 2 aromatic heterocycles. The van der Waals surface area contributed by atoms with Crippen molar-refractivity contribution in [2.45, 2.75) is 64.6 Å². The molecular formula is C22H35N7OS. The van der Waals surface area contributed by atoms with Gasteiger partial charge in [0.15, 0.2) is 5.96 Å². The molecule has 1 unspecified atom stereocenters. The van der Waals surface area contributed by atoms with E-state index in [2.05, 4.69) is 45.1 Å². The van der Waals surface area contributed by atoms with Gasteiger partial charge in [0, 0.05) is 37.5 Å². The van der Waals surface area contributed by atoms with Crippen molar-refractivity contribution >= 4 is 17.3 Å². The number of aliphatic imine (C=N–C) groups is 1. The summed E-state index contributed by atoms with van der Waals surface area (Å²) in [4.78, 5) is 21.3. The molecule has 4 heterocycles. The van der Waals surface area contributed by atoms with Crippen LogP contribution in [0.5, 0.6) is 0 Å². The highest BCUT2D eigenvalue weighted by molar-refractivity contribution is 7.10. The molecule has 0 spiro atoms. The molecule has 31 heavy (non-hydrogen) atoms. The van der Waals surface area contributed by atoms with Gasteiger partial charge in [0.25, 0.3) is 0 Å². The normalized spacial score (nSPS) is 18.2. The summed E-state index contributed by atoms with van der Waals surface area (Å²) in [5.74, 6) is 1.79. The van der Waals surface area contributed by atoms with Crippen LogP contribution < -0.4 is 16.3 Å². The average Bonchev–Trinajstić information content (AvgIpc) is 3.55. The second kappa shape index (κ2) is 10.9. The Balaban J connectivity index is 1.31. The summed E-state index contributed by atoms with van der Waals surface area (Å²) in [6.07, 6.45) is 6.51. The Hall–Kier alpha value is -2.13. The first-order chi connectivity index (χ1) is 15.3. The predicted molar refractivity (Wildman–Crippen MR) is 126 cm³/mol. The maximum atomic E-state index is 12.5. The minimum Gasteiger partial charge on any atom is -0.357 e. The third-order valence-corrected chi connectivity index (χ3v) is 7.06. The molecule has 1 saturated heterocycles. The van der Waals surface area contributed by atoms with E-state index in [-0.39, 0.29) is 5.69 Å². The topological polar surface area (TPSA) is 79.5 Å². The molecule has 4 rings (SSSR count). The van der Waals surface area contributed by atoms with Crippen molar-refractivity contribution < 1.29 is 0 Å². The molecular weight excluding hydrogens is 410 g/mol. The second-order valence-electron chi connectivity index (χ2n) is 8.30. The SMILES string of the molecule is CCNC(=NCC(c1cccs1)N1CCCC1)NCCCn1nc2n(c1=O)CCCC2. The number of hydrogen-bond donors (Lipinski definition) is 2. The van der Waals surface area contributed by atoms with Crippen LogP contribution in [0.1, 0.15) is 55.8 Å². The highest BCUT2D eigenvalue weighted by atomic mass is 32.1. The lowest BCUT2D eigenvalue weighted by molar-refractivity contribution is 0.255. The van der Waals surface area contributed by atoms with Gasteiger partial charge in [0.2, 0.25) is 0 Å². The zero-order valence-corrected chi connectivity index (χ0v) is 19.4. The quantitative estimate of drug-likeness (QED) is 0.352. The van der Waals surface area contributed by atoms with Crippen LogP contribution >= 0.6 is 11.3 Å². The number of nitrogens with one attached hydrogen (secondary N) is 2. The largest absolute Gasteiger partial charge is 0.357 e. The van der Waals surface area contributed by atoms with Crippen LogP contribution in [0, 0.1) is 0 Å². The van der Waals surface area contributed by atoms with Crippen LogP contribution in [-0.4, -0.2) is 57.9 Å². The maximum absolute atomic E-state index is 12.5. The van der Waals surface area contributed by atoms with E-state index >= 15 is 0 Å². The third kappa shape index (κ3) is 5.57. The van der Waals surface area contributed by atoms with Gasteiger partial charge in [-0.3, -0.25) is 14.5 Å². The van der Waals surface area contributed by atoms with Gasteiger partial charge in [-0.2, -0.15) is 5.10 Å². The van der Waals surface area contributed by atoms with E-state index in [0.717, 1.165) is 76.7 Å². The van der Waals surface area contributed by atoms with Crippen molar-refractivity contribution in [3.8, 4) is 0 Å². The number of aryl methyl sites for hydroxylation is 2. The summed E-state index contributed by atoms with van der Waals surface area (Å²) in [5, 5.41) is 13.5. The number of nitrogens with zero attached hydrogens (tertiary/aromatic N) is 5. The van der Waals surface area contributed by atoms with Crippen LogP contribution in [0.15, 0.2) is 27.3 Å². The van der Waals surface area contributed by atoms with E-state index in [0.29, 0.717) is 12.6 Å². The molecule has 9 heteroatoms. The molecule has 0 radical (unpaired) electrons. The summed E-state index contributed by atoms with van der Waals surface area (Å²) in [7, 11) is 0. The van der Waals surface area contributed by atoms with Crippen molar-refractivity contribution in [3.63, 3.8) is 0 Å². The molecule has 1 atom stereocenters. The lowest BCUT2D eigenvalue weighted by Crippen LogP contribution is -2.39. The standard InChI is InChI=1S/C22H35N7OS/c1-2-23-21(25-17-18(19-9-7-16-31-19)27-12-5-6-13-27)24-11-8-15-29-22(30)28-14-4-3-10-20(28)26-29/h7,9,16,18H,2-6,8,10-15,17H2,1H3,(H2,23,24,25). The first-order valence-corrected chi connectivity index (χ1v) is 12.6. The zero-order chi connectivity index (χ0) is 21.5. The Kier molecular flexibility index (Phi) is 7.80. The first-order valence-electron chi connectivity index (χ1n) is 11.7. The van der Waals surface area contributed by atoms with Crippen LogP contribution in [0.25, 0.3) is 0 Å². The summed E-state index contributed by atoms with van der Waals surface area (Å²) in [5.41, 5.74) is 0.0414. The predicted octanol–water partition coefficient (Wildman–Crippen LogP) is 2.22. The van der Waals surface area contributed by atoms with Gasteiger partial charge < -0.3 is 10.6 Å². The smallest absolute Gasteiger partial charge is 0.345 e. The Morgan fingerprint density at radius 2 is 2.06 bits per heavy atom. The molecule has 2 aliphatic heterocycles. The van der Waals surface area contributed by atoms with E-state index in [1.807, 2.05) is 15.9 Å². The minimum atomic E-state index is 0.0414. The third-order valence-electron chi connectivity index (χ3n) is 6.09. The molecule has 0 saturated carbocycles. The fourth-order valence-corrected chi connectivity index (χ4v) is 5.32. The lowest BCUT2D eigenvalue weighted by atomic mass is 10.2. The van der Waals surface area contributed by atoms with Crippen molar-refractivity contribution in [1.29, 1.82) is 0 Å². The average molecular weight is 446 g/mol. The van der Waals surface area contributed by atoms with Gasteiger partial charge in [-0.15, -0.1) is 11.3 Å². The van der Waals surface area contributed by atoms with Crippen LogP contribution in [0.4, 0.5) is 0 Å². The van der Waals surface area contributed by atoms with Crippen LogP contribution in [0.2, 0.25) is 0 Å². The van der Waals surface area contributed by atoms with Gasteiger partial charge in [-0.25, -0.2) is 9.48 Å². The fourth-order valence-electron chi connectivity index (χ4n) is 4.47. The molecule has 0 bridgehead atoms. The summed E-state index contributed by atoms with van der Waals surface area (Å²) in [6.45, 7) is 8.19. The van der Waals surface area contributed by atoms with E-state index in [9.17, 15) is 4.79 Å². The van der Waals surface area contributed by atoms with Gasteiger partial charge in [-0.1, -0.05) is 6.07 Å². The number of guanidine groups is 1. The summed E-state index contributed by atoms with van der Waals surface area (Å²) in [6, 6.07) is 4.71. The monoisotopic (exact) mass is 445 g/mol. The molecule has 2 N–H and O–H groups in total.